The van der Waals surface area contributed by atoms with Gasteiger partial charge >= 0.3 is 0 Å². The van der Waals surface area contributed by atoms with Crippen LogP contribution in [-0.4, -0.2) is 41.2 Å². The number of likely N-dealkylation sites (tertiary alicyclic amines) is 1. The first kappa shape index (κ1) is 15.8. The Hall–Kier alpha value is -1.55. The van der Waals surface area contributed by atoms with E-state index in [9.17, 15) is 9.90 Å². The van der Waals surface area contributed by atoms with E-state index in [1.165, 1.54) is 5.56 Å². The third-order valence-corrected chi connectivity index (χ3v) is 4.27. The summed E-state index contributed by atoms with van der Waals surface area (Å²) in [6.45, 7) is 9.04. The molecule has 21 heavy (non-hydrogen) atoms. The van der Waals surface area contributed by atoms with E-state index in [0.29, 0.717) is 24.8 Å². The Bertz CT molecular complexity index is 487. The second-order valence-corrected chi connectivity index (χ2v) is 6.52. The van der Waals surface area contributed by atoms with Crippen LogP contribution in [-0.2, 0) is 4.79 Å². The predicted octanol–water partition coefficient (Wildman–Crippen LogP) is 2.42. The summed E-state index contributed by atoms with van der Waals surface area (Å²) in [5.74, 6) is 1.27. The lowest BCUT2D eigenvalue weighted by atomic mass is 9.83. The lowest BCUT2D eigenvalue weighted by molar-refractivity contribution is -0.165. The van der Waals surface area contributed by atoms with E-state index in [0.717, 1.165) is 0 Å². The zero-order valence-corrected chi connectivity index (χ0v) is 13.3. The summed E-state index contributed by atoms with van der Waals surface area (Å²) in [5, 5.41) is 10.1. The number of β-amino-alcohol motifs (C(OH)–C–C–N with tert-alkyl or cyclic N) is 1. The molecule has 0 atom stereocenters. The van der Waals surface area contributed by atoms with Gasteiger partial charge in [0.25, 0.3) is 5.91 Å². The summed E-state index contributed by atoms with van der Waals surface area (Å²) in [4.78, 5) is 13.6. The fourth-order valence-electron chi connectivity index (χ4n) is 2.34. The number of hydrogen-bond acceptors (Lipinski definition) is 3. The molecule has 1 aliphatic rings. The summed E-state index contributed by atoms with van der Waals surface area (Å²) >= 11 is 0. The number of carbonyl (C=O) groups is 1. The highest BCUT2D eigenvalue weighted by Crippen LogP contribution is 2.28. The molecule has 0 aliphatic carbocycles. The number of amides is 1. The van der Waals surface area contributed by atoms with Gasteiger partial charge in [0.2, 0.25) is 0 Å². The number of ether oxygens (including phenoxy) is 1. The average Bonchev–Trinajstić information content (AvgIpc) is 2.41. The van der Waals surface area contributed by atoms with Crippen molar-refractivity contribution in [1.82, 2.24) is 4.90 Å². The largest absolute Gasteiger partial charge is 0.484 e. The van der Waals surface area contributed by atoms with Crippen LogP contribution in [0.4, 0.5) is 0 Å². The molecule has 0 unspecified atom stereocenters. The van der Waals surface area contributed by atoms with Gasteiger partial charge in [0.1, 0.15) is 11.4 Å². The normalized spacial score (nSPS) is 17.0. The Morgan fingerprint density at radius 2 is 1.81 bits per heavy atom. The summed E-state index contributed by atoms with van der Waals surface area (Å²) in [6.07, 6.45) is 0. The van der Waals surface area contributed by atoms with Crippen molar-refractivity contribution in [2.45, 2.75) is 39.2 Å². The Kier molecular flexibility index (Phi) is 4.57. The maximum Gasteiger partial charge on any atom is 0.260 e. The van der Waals surface area contributed by atoms with Gasteiger partial charge in [-0.25, -0.2) is 0 Å². The van der Waals surface area contributed by atoms with E-state index in [-0.39, 0.29) is 18.4 Å². The predicted molar refractivity (Wildman–Crippen MR) is 82.4 cm³/mol. The molecule has 116 valence electrons. The van der Waals surface area contributed by atoms with E-state index >= 15 is 0 Å². The van der Waals surface area contributed by atoms with Crippen molar-refractivity contribution in [3.05, 3.63) is 29.8 Å². The van der Waals surface area contributed by atoms with Crippen LogP contribution in [0.2, 0.25) is 0 Å². The molecule has 1 amide bonds. The van der Waals surface area contributed by atoms with Crippen molar-refractivity contribution in [2.24, 2.45) is 5.92 Å². The Morgan fingerprint density at radius 3 is 2.29 bits per heavy atom. The smallest absolute Gasteiger partial charge is 0.260 e. The Labute approximate surface area is 126 Å². The van der Waals surface area contributed by atoms with Gasteiger partial charge in [0, 0.05) is 0 Å². The molecule has 1 fully saturated rings. The molecule has 1 N–H and O–H groups in total. The fourth-order valence-corrected chi connectivity index (χ4v) is 2.34. The van der Waals surface area contributed by atoms with E-state index in [2.05, 4.69) is 13.8 Å². The number of nitrogens with zero attached hydrogens (tertiary/aromatic N) is 1. The van der Waals surface area contributed by atoms with Crippen LogP contribution >= 0.6 is 0 Å². The first-order valence-electron chi connectivity index (χ1n) is 7.55. The van der Waals surface area contributed by atoms with E-state index < -0.39 is 5.60 Å². The van der Waals surface area contributed by atoms with Crippen LogP contribution in [0.25, 0.3) is 0 Å². The second kappa shape index (κ2) is 6.06. The molecule has 0 radical (unpaired) electrons. The highest BCUT2D eigenvalue weighted by atomic mass is 16.5. The molecule has 0 aromatic heterocycles. The first-order chi connectivity index (χ1) is 9.82. The number of hydrogen-bond donors (Lipinski definition) is 1. The molecule has 0 saturated carbocycles. The number of aliphatic hydroxyl groups is 1. The van der Waals surface area contributed by atoms with Gasteiger partial charge < -0.3 is 14.7 Å². The molecule has 1 heterocycles. The number of benzene rings is 1. The molecule has 1 aliphatic heterocycles. The molecule has 2 rings (SSSR count). The molecule has 1 aromatic carbocycles. The number of carbonyl (C=O) groups excluding carboxylic acids is 1. The lowest BCUT2D eigenvalue weighted by Gasteiger charge is -2.48. The van der Waals surface area contributed by atoms with Gasteiger partial charge in [0.05, 0.1) is 13.1 Å². The van der Waals surface area contributed by atoms with Crippen molar-refractivity contribution in [2.75, 3.05) is 19.7 Å². The summed E-state index contributed by atoms with van der Waals surface area (Å²) in [6, 6.07) is 7.82. The second-order valence-electron chi connectivity index (χ2n) is 6.52. The van der Waals surface area contributed by atoms with Gasteiger partial charge in [0.15, 0.2) is 6.61 Å². The third-order valence-electron chi connectivity index (χ3n) is 4.27. The third kappa shape index (κ3) is 3.56. The topological polar surface area (TPSA) is 49.8 Å². The minimum absolute atomic E-state index is 0.0230. The first-order valence-corrected chi connectivity index (χ1v) is 7.55. The SMILES string of the molecule is CC(C)c1ccc(OCC(=O)N2CC(O)(C(C)C)C2)cc1. The van der Waals surface area contributed by atoms with Gasteiger partial charge in [-0.3, -0.25) is 4.79 Å². The maximum absolute atomic E-state index is 12.0. The van der Waals surface area contributed by atoms with Crippen molar-refractivity contribution in [3.8, 4) is 5.75 Å². The molecular weight excluding hydrogens is 266 g/mol. The molecular formula is C17H25NO3. The highest BCUT2D eigenvalue weighted by Gasteiger charge is 2.45. The fraction of sp³-hybridized carbons (Fsp3) is 0.588. The summed E-state index contributed by atoms with van der Waals surface area (Å²) < 4.78 is 5.52. The average molecular weight is 291 g/mol. The monoisotopic (exact) mass is 291 g/mol. The minimum Gasteiger partial charge on any atom is -0.484 e. The van der Waals surface area contributed by atoms with E-state index in [4.69, 9.17) is 4.74 Å². The summed E-state index contributed by atoms with van der Waals surface area (Å²) in [5.41, 5.74) is 0.521. The molecule has 1 saturated heterocycles. The van der Waals surface area contributed by atoms with Crippen LogP contribution in [0.1, 0.15) is 39.2 Å². The van der Waals surface area contributed by atoms with Crippen LogP contribution < -0.4 is 4.74 Å². The lowest BCUT2D eigenvalue weighted by Crippen LogP contribution is -2.66. The van der Waals surface area contributed by atoms with Crippen LogP contribution in [0.3, 0.4) is 0 Å². The van der Waals surface area contributed by atoms with Crippen molar-refractivity contribution >= 4 is 5.91 Å². The van der Waals surface area contributed by atoms with Crippen LogP contribution in [0.15, 0.2) is 24.3 Å². The van der Waals surface area contributed by atoms with E-state index in [1.54, 1.807) is 4.90 Å². The highest BCUT2D eigenvalue weighted by molar-refractivity contribution is 5.79. The Balaban J connectivity index is 1.80. The molecule has 4 nitrogen and oxygen atoms in total. The van der Waals surface area contributed by atoms with Gasteiger partial charge in [-0.1, -0.05) is 39.8 Å². The van der Waals surface area contributed by atoms with Gasteiger partial charge in [-0.05, 0) is 29.5 Å². The molecule has 0 spiro atoms. The quantitative estimate of drug-likeness (QED) is 0.906. The van der Waals surface area contributed by atoms with Gasteiger partial charge in [-0.15, -0.1) is 0 Å². The molecule has 0 bridgehead atoms. The van der Waals surface area contributed by atoms with Gasteiger partial charge in [-0.2, -0.15) is 0 Å². The minimum atomic E-state index is -0.728. The van der Waals surface area contributed by atoms with Crippen molar-refractivity contribution < 1.29 is 14.6 Å². The summed E-state index contributed by atoms with van der Waals surface area (Å²) in [7, 11) is 0. The zero-order valence-electron chi connectivity index (χ0n) is 13.3. The molecule has 4 heteroatoms. The zero-order chi connectivity index (χ0) is 15.6. The maximum atomic E-state index is 12.0. The number of rotatable bonds is 5. The van der Waals surface area contributed by atoms with Crippen molar-refractivity contribution in [1.29, 1.82) is 0 Å². The van der Waals surface area contributed by atoms with Crippen molar-refractivity contribution in [3.63, 3.8) is 0 Å². The Morgan fingerprint density at radius 1 is 1.24 bits per heavy atom. The molecule has 1 aromatic rings. The van der Waals surface area contributed by atoms with E-state index in [1.807, 2.05) is 38.1 Å². The van der Waals surface area contributed by atoms with Crippen LogP contribution in [0.5, 0.6) is 5.75 Å². The van der Waals surface area contributed by atoms with Crippen LogP contribution in [0, 0.1) is 5.92 Å². The standard InChI is InChI=1S/C17H25NO3/c1-12(2)14-5-7-15(8-6-14)21-9-16(19)18-10-17(20,11-18)13(3)4/h5-8,12-13,20H,9-11H2,1-4H3.